The van der Waals surface area contributed by atoms with Crippen LogP contribution in [0.1, 0.15) is 17.0 Å². The van der Waals surface area contributed by atoms with Gasteiger partial charge >= 0.3 is 0 Å². The van der Waals surface area contributed by atoms with Crippen molar-refractivity contribution in [2.45, 2.75) is 13.0 Å². The van der Waals surface area contributed by atoms with E-state index in [1.54, 1.807) is 37.3 Å². The van der Waals surface area contributed by atoms with E-state index in [4.69, 9.17) is 14.0 Å². The van der Waals surface area contributed by atoms with Gasteiger partial charge in [-0.25, -0.2) is 0 Å². The van der Waals surface area contributed by atoms with Gasteiger partial charge in [0, 0.05) is 31.1 Å². The van der Waals surface area contributed by atoms with Gasteiger partial charge in [-0.1, -0.05) is 65.8 Å². The Labute approximate surface area is 204 Å². The maximum absolute atomic E-state index is 13.0. The molecule has 1 heterocycles. The van der Waals surface area contributed by atoms with E-state index in [0.717, 1.165) is 16.7 Å². The number of rotatable bonds is 10. The van der Waals surface area contributed by atoms with Crippen molar-refractivity contribution in [3.8, 4) is 22.9 Å². The van der Waals surface area contributed by atoms with Gasteiger partial charge in [0.2, 0.25) is 17.6 Å². The number of benzene rings is 3. The standard InChI is InChI=1S/C28H27N3O4/c1-33-24-15-14-23(19-25(24)34-2)28-29-26(35-30-28)17-18-31(20-22-11-7-4-8-12-22)27(32)16-13-21-9-5-3-6-10-21/h3-16,19H,17-18,20H2,1-2H3/b16-13+. The summed E-state index contributed by atoms with van der Waals surface area (Å²) >= 11 is 0. The third-order valence-electron chi connectivity index (χ3n) is 5.45. The fraction of sp³-hybridized carbons (Fsp3) is 0.179. The molecule has 0 atom stereocenters. The summed E-state index contributed by atoms with van der Waals surface area (Å²) in [6, 6.07) is 25.1. The SMILES string of the molecule is COc1ccc(-c2noc(CCN(Cc3ccccc3)C(=O)/C=C/c3ccccc3)n2)cc1OC. The summed E-state index contributed by atoms with van der Waals surface area (Å²) in [7, 11) is 3.16. The number of carbonyl (C=O) groups excluding carboxylic acids is 1. The van der Waals surface area contributed by atoms with E-state index < -0.39 is 0 Å². The molecule has 4 rings (SSSR count). The van der Waals surface area contributed by atoms with Crippen LogP contribution < -0.4 is 9.47 Å². The third-order valence-corrected chi connectivity index (χ3v) is 5.45. The first-order valence-corrected chi connectivity index (χ1v) is 11.3. The van der Waals surface area contributed by atoms with Crippen molar-refractivity contribution in [2.75, 3.05) is 20.8 Å². The van der Waals surface area contributed by atoms with Gasteiger partial charge in [0.15, 0.2) is 11.5 Å². The van der Waals surface area contributed by atoms with Gasteiger partial charge in [0.05, 0.1) is 14.2 Å². The largest absolute Gasteiger partial charge is 0.493 e. The zero-order valence-corrected chi connectivity index (χ0v) is 19.8. The molecule has 178 valence electrons. The lowest BCUT2D eigenvalue weighted by atomic mass is 10.2. The molecule has 0 aliphatic carbocycles. The number of amides is 1. The molecular formula is C28H27N3O4. The summed E-state index contributed by atoms with van der Waals surface area (Å²) in [5.74, 6) is 2.02. The number of hydrogen-bond donors (Lipinski definition) is 0. The molecule has 0 saturated carbocycles. The first-order chi connectivity index (χ1) is 17.2. The summed E-state index contributed by atoms with van der Waals surface area (Å²) < 4.78 is 16.1. The Morgan fingerprint density at radius 2 is 1.66 bits per heavy atom. The molecule has 1 aromatic heterocycles. The maximum atomic E-state index is 13.0. The Bertz CT molecular complexity index is 1270. The minimum atomic E-state index is -0.0858. The van der Waals surface area contributed by atoms with E-state index in [9.17, 15) is 4.79 Å². The molecule has 0 aliphatic rings. The first-order valence-electron chi connectivity index (χ1n) is 11.3. The second kappa shape index (κ2) is 11.7. The molecule has 7 nitrogen and oxygen atoms in total. The molecule has 0 fully saturated rings. The average molecular weight is 470 g/mol. The van der Waals surface area contributed by atoms with Gasteiger partial charge in [-0.15, -0.1) is 0 Å². The minimum Gasteiger partial charge on any atom is -0.493 e. The topological polar surface area (TPSA) is 77.7 Å². The molecule has 4 aromatic rings. The molecule has 7 heteroatoms. The fourth-order valence-electron chi connectivity index (χ4n) is 3.59. The van der Waals surface area contributed by atoms with Gasteiger partial charge in [-0.3, -0.25) is 4.79 Å². The van der Waals surface area contributed by atoms with Gasteiger partial charge < -0.3 is 18.9 Å². The van der Waals surface area contributed by atoms with E-state index in [1.807, 2.05) is 72.8 Å². The van der Waals surface area contributed by atoms with Crippen LogP contribution in [0.5, 0.6) is 11.5 Å². The van der Waals surface area contributed by atoms with Crippen molar-refractivity contribution in [3.63, 3.8) is 0 Å². The van der Waals surface area contributed by atoms with Gasteiger partial charge in [-0.2, -0.15) is 4.98 Å². The van der Waals surface area contributed by atoms with Gasteiger partial charge in [0.1, 0.15) is 0 Å². The van der Waals surface area contributed by atoms with Crippen LogP contribution in [0.2, 0.25) is 0 Å². The number of aromatic nitrogens is 2. The minimum absolute atomic E-state index is 0.0858. The van der Waals surface area contributed by atoms with Crippen LogP contribution in [-0.4, -0.2) is 41.7 Å². The van der Waals surface area contributed by atoms with Crippen molar-refractivity contribution in [3.05, 3.63) is 102 Å². The normalized spacial score (nSPS) is 10.9. The predicted octanol–water partition coefficient (Wildman–Crippen LogP) is 5.04. The zero-order valence-electron chi connectivity index (χ0n) is 19.8. The highest BCUT2D eigenvalue weighted by atomic mass is 16.5. The number of ether oxygens (including phenoxy) is 2. The molecule has 0 radical (unpaired) electrons. The average Bonchev–Trinajstić information content (AvgIpc) is 3.39. The van der Waals surface area contributed by atoms with E-state index in [1.165, 1.54) is 0 Å². The van der Waals surface area contributed by atoms with E-state index in [0.29, 0.717) is 42.7 Å². The Balaban J connectivity index is 1.47. The van der Waals surface area contributed by atoms with Crippen molar-refractivity contribution < 1.29 is 18.8 Å². The number of hydrogen-bond acceptors (Lipinski definition) is 6. The Kier molecular flexibility index (Phi) is 7.91. The Hall–Kier alpha value is -4.39. The molecule has 1 amide bonds. The van der Waals surface area contributed by atoms with E-state index >= 15 is 0 Å². The lowest BCUT2D eigenvalue weighted by Gasteiger charge is -2.20. The molecule has 0 bridgehead atoms. The molecular weight excluding hydrogens is 442 g/mol. The molecule has 35 heavy (non-hydrogen) atoms. The highest BCUT2D eigenvalue weighted by Gasteiger charge is 2.16. The van der Waals surface area contributed by atoms with Crippen LogP contribution in [0.15, 0.2) is 89.5 Å². The monoisotopic (exact) mass is 469 g/mol. The van der Waals surface area contributed by atoms with Crippen LogP contribution in [0.4, 0.5) is 0 Å². The smallest absolute Gasteiger partial charge is 0.246 e. The first kappa shape index (κ1) is 23.8. The summed E-state index contributed by atoms with van der Waals surface area (Å²) in [5.41, 5.74) is 2.77. The molecule has 0 N–H and O–H groups in total. The third kappa shape index (κ3) is 6.35. The molecule has 0 unspecified atom stereocenters. The zero-order chi connectivity index (χ0) is 24.5. The lowest BCUT2D eigenvalue weighted by molar-refractivity contribution is -0.126. The summed E-state index contributed by atoms with van der Waals surface area (Å²) in [4.78, 5) is 19.3. The lowest BCUT2D eigenvalue weighted by Crippen LogP contribution is -2.31. The summed E-state index contributed by atoms with van der Waals surface area (Å²) in [5, 5.41) is 4.10. The van der Waals surface area contributed by atoms with Crippen LogP contribution in [-0.2, 0) is 17.8 Å². The quantitative estimate of drug-likeness (QED) is 0.303. The van der Waals surface area contributed by atoms with E-state index in [2.05, 4.69) is 10.1 Å². The maximum Gasteiger partial charge on any atom is 0.246 e. The Morgan fingerprint density at radius 3 is 2.37 bits per heavy atom. The van der Waals surface area contributed by atoms with Crippen molar-refractivity contribution in [2.24, 2.45) is 0 Å². The van der Waals surface area contributed by atoms with Gasteiger partial charge in [-0.05, 0) is 35.4 Å². The molecule has 0 aliphatic heterocycles. The molecule has 0 saturated heterocycles. The number of carbonyl (C=O) groups is 1. The highest BCUT2D eigenvalue weighted by Crippen LogP contribution is 2.31. The van der Waals surface area contributed by atoms with Crippen molar-refractivity contribution >= 4 is 12.0 Å². The van der Waals surface area contributed by atoms with E-state index in [-0.39, 0.29) is 5.91 Å². The molecule has 3 aromatic carbocycles. The second-order valence-electron chi connectivity index (χ2n) is 7.82. The van der Waals surface area contributed by atoms with Crippen molar-refractivity contribution in [1.82, 2.24) is 15.0 Å². The summed E-state index contributed by atoms with van der Waals surface area (Å²) in [6.07, 6.45) is 3.85. The number of methoxy groups -OCH3 is 2. The molecule has 0 spiro atoms. The number of nitrogens with zero attached hydrogens (tertiary/aromatic N) is 3. The van der Waals surface area contributed by atoms with Crippen LogP contribution in [0, 0.1) is 0 Å². The van der Waals surface area contributed by atoms with Crippen molar-refractivity contribution in [1.29, 1.82) is 0 Å². The predicted molar refractivity (Wildman–Crippen MR) is 134 cm³/mol. The fourth-order valence-corrected chi connectivity index (χ4v) is 3.59. The van der Waals surface area contributed by atoms with Crippen LogP contribution in [0.3, 0.4) is 0 Å². The summed E-state index contributed by atoms with van der Waals surface area (Å²) in [6.45, 7) is 0.913. The Morgan fingerprint density at radius 1 is 0.943 bits per heavy atom. The van der Waals surface area contributed by atoms with Crippen LogP contribution in [0.25, 0.3) is 17.5 Å². The highest BCUT2D eigenvalue weighted by molar-refractivity contribution is 5.91. The van der Waals surface area contributed by atoms with Gasteiger partial charge in [0.25, 0.3) is 0 Å². The second-order valence-corrected chi connectivity index (χ2v) is 7.82. The van der Waals surface area contributed by atoms with Crippen LogP contribution >= 0.6 is 0 Å².